The number of rotatable bonds is 11. The van der Waals surface area contributed by atoms with E-state index in [1.54, 1.807) is 7.11 Å². The van der Waals surface area contributed by atoms with Gasteiger partial charge in [0.05, 0.1) is 12.9 Å². The van der Waals surface area contributed by atoms with Gasteiger partial charge < -0.3 is 14.8 Å². The van der Waals surface area contributed by atoms with Crippen molar-refractivity contribution in [3.05, 3.63) is 60.4 Å². The highest BCUT2D eigenvalue weighted by Gasteiger charge is 2.16. The second-order valence-electron chi connectivity index (χ2n) is 7.36. The van der Waals surface area contributed by atoms with Gasteiger partial charge in [0.25, 0.3) is 0 Å². The minimum absolute atomic E-state index is 0.00991. The maximum absolute atomic E-state index is 12.2. The molecule has 0 radical (unpaired) electrons. The Morgan fingerprint density at radius 3 is 2.45 bits per heavy atom. The van der Waals surface area contributed by atoms with Gasteiger partial charge in [-0.15, -0.1) is 10.2 Å². The summed E-state index contributed by atoms with van der Waals surface area (Å²) in [5.41, 5.74) is 0.920. The van der Waals surface area contributed by atoms with Crippen molar-refractivity contribution in [2.75, 3.05) is 19.4 Å². The van der Waals surface area contributed by atoms with Crippen LogP contribution in [0.25, 0.3) is 5.69 Å². The van der Waals surface area contributed by atoms with E-state index in [9.17, 15) is 4.79 Å². The number of thioether (sulfide) groups is 1. The zero-order valence-electron chi connectivity index (χ0n) is 18.1. The summed E-state index contributed by atoms with van der Waals surface area (Å²) >= 11 is 1.36. The van der Waals surface area contributed by atoms with Crippen LogP contribution in [-0.2, 0) is 11.4 Å². The lowest BCUT2D eigenvalue weighted by Crippen LogP contribution is -2.27. The number of amides is 1. The standard InChI is InChI=1S/C23H28N4O3S/c1-17(2)13-14-24-22(28)16-31-23-26-25-21(27(23)18-7-5-4-6-8-18)15-30-20-11-9-19(29-3)10-12-20/h4-12,17H,13-16H2,1-3H3,(H,24,28). The third-order valence-corrected chi connectivity index (χ3v) is 5.45. The molecule has 0 aliphatic rings. The van der Waals surface area contributed by atoms with Crippen molar-refractivity contribution in [3.8, 4) is 17.2 Å². The van der Waals surface area contributed by atoms with Crippen molar-refractivity contribution in [2.45, 2.75) is 32.0 Å². The Morgan fingerprint density at radius 2 is 1.77 bits per heavy atom. The van der Waals surface area contributed by atoms with E-state index >= 15 is 0 Å². The maximum Gasteiger partial charge on any atom is 0.230 e. The van der Waals surface area contributed by atoms with Crippen molar-refractivity contribution in [3.63, 3.8) is 0 Å². The summed E-state index contributed by atoms with van der Waals surface area (Å²) in [5, 5.41) is 12.2. The van der Waals surface area contributed by atoms with E-state index in [2.05, 4.69) is 29.4 Å². The zero-order valence-corrected chi connectivity index (χ0v) is 18.9. The third kappa shape index (κ3) is 6.75. The van der Waals surface area contributed by atoms with Gasteiger partial charge in [-0.05, 0) is 48.7 Å². The fraction of sp³-hybridized carbons (Fsp3) is 0.348. The summed E-state index contributed by atoms with van der Waals surface area (Å²) in [7, 11) is 1.63. The van der Waals surface area contributed by atoms with Crippen LogP contribution in [0.15, 0.2) is 59.8 Å². The first-order chi connectivity index (χ1) is 15.1. The predicted molar refractivity (Wildman–Crippen MR) is 122 cm³/mol. The number of carbonyl (C=O) groups excluding carboxylic acids is 1. The van der Waals surface area contributed by atoms with Crippen molar-refractivity contribution in [1.29, 1.82) is 0 Å². The number of aromatic nitrogens is 3. The molecule has 0 saturated carbocycles. The van der Waals surface area contributed by atoms with Crippen LogP contribution in [0.5, 0.6) is 11.5 Å². The molecule has 0 unspecified atom stereocenters. The molecule has 0 atom stereocenters. The van der Waals surface area contributed by atoms with Gasteiger partial charge >= 0.3 is 0 Å². The van der Waals surface area contributed by atoms with Crippen LogP contribution < -0.4 is 14.8 Å². The summed E-state index contributed by atoms with van der Waals surface area (Å²) in [5.74, 6) is 2.96. The Balaban J connectivity index is 1.69. The Bertz CT molecular complexity index is 959. The van der Waals surface area contributed by atoms with E-state index in [0.29, 0.717) is 29.2 Å². The topological polar surface area (TPSA) is 78.3 Å². The van der Waals surface area contributed by atoms with Crippen molar-refractivity contribution >= 4 is 17.7 Å². The van der Waals surface area contributed by atoms with Gasteiger partial charge in [0.15, 0.2) is 11.0 Å². The minimum Gasteiger partial charge on any atom is -0.497 e. The van der Waals surface area contributed by atoms with E-state index in [1.807, 2.05) is 59.2 Å². The number of benzene rings is 2. The summed E-state index contributed by atoms with van der Waals surface area (Å²) < 4.78 is 13.0. The Hall–Kier alpha value is -3.00. The second kappa shape index (κ2) is 11.4. The van der Waals surface area contributed by atoms with Crippen LogP contribution >= 0.6 is 11.8 Å². The molecule has 8 heteroatoms. The highest BCUT2D eigenvalue weighted by Crippen LogP contribution is 2.23. The average molecular weight is 441 g/mol. The molecule has 1 amide bonds. The average Bonchev–Trinajstić information content (AvgIpc) is 3.19. The lowest BCUT2D eigenvalue weighted by Gasteiger charge is -2.11. The first-order valence-corrected chi connectivity index (χ1v) is 11.2. The lowest BCUT2D eigenvalue weighted by atomic mass is 10.1. The molecule has 1 heterocycles. The maximum atomic E-state index is 12.2. The number of hydrogen-bond acceptors (Lipinski definition) is 6. The van der Waals surface area contributed by atoms with Gasteiger partial charge in [-0.3, -0.25) is 9.36 Å². The fourth-order valence-corrected chi connectivity index (χ4v) is 3.63. The number of hydrogen-bond donors (Lipinski definition) is 1. The molecule has 1 N–H and O–H groups in total. The highest BCUT2D eigenvalue weighted by atomic mass is 32.2. The molecule has 3 aromatic rings. The Labute approximate surface area is 187 Å². The van der Waals surface area contributed by atoms with E-state index < -0.39 is 0 Å². The summed E-state index contributed by atoms with van der Waals surface area (Å²) in [6, 6.07) is 17.2. The van der Waals surface area contributed by atoms with Gasteiger partial charge in [-0.1, -0.05) is 43.8 Å². The zero-order chi connectivity index (χ0) is 22.1. The summed E-state index contributed by atoms with van der Waals surface area (Å²) in [4.78, 5) is 12.2. The molecule has 7 nitrogen and oxygen atoms in total. The smallest absolute Gasteiger partial charge is 0.230 e. The van der Waals surface area contributed by atoms with Crippen LogP contribution in [0.1, 0.15) is 26.1 Å². The van der Waals surface area contributed by atoms with Crippen molar-refractivity contribution < 1.29 is 14.3 Å². The number of ether oxygens (including phenoxy) is 2. The predicted octanol–water partition coefficient (Wildman–Crippen LogP) is 4.11. The quantitative estimate of drug-likeness (QED) is 0.452. The third-order valence-electron chi connectivity index (χ3n) is 4.52. The molecule has 164 valence electrons. The van der Waals surface area contributed by atoms with Gasteiger partial charge in [0, 0.05) is 12.2 Å². The highest BCUT2D eigenvalue weighted by molar-refractivity contribution is 7.99. The normalized spacial score (nSPS) is 10.8. The van der Waals surface area contributed by atoms with Gasteiger partial charge in [-0.2, -0.15) is 0 Å². The molecule has 1 aromatic heterocycles. The molecule has 3 rings (SSSR count). The number of carbonyl (C=O) groups is 1. The van der Waals surface area contributed by atoms with Gasteiger partial charge in [0.2, 0.25) is 5.91 Å². The summed E-state index contributed by atoms with van der Waals surface area (Å²) in [6.07, 6.45) is 0.962. The molecule has 0 saturated heterocycles. The minimum atomic E-state index is -0.00991. The van der Waals surface area contributed by atoms with Crippen molar-refractivity contribution in [2.24, 2.45) is 5.92 Å². The van der Waals surface area contributed by atoms with E-state index in [1.165, 1.54) is 11.8 Å². The van der Waals surface area contributed by atoms with E-state index in [-0.39, 0.29) is 18.3 Å². The number of para-hydroxylation sites is 1. The SMILES string of the molecule is COc1ccc(OCc2nnc(SCC(=O)NCCC(C)C)n2-c2ccccc2)cc1. The lowest BCUT2D eigenvalue weighted by molar-refractivity contribution is -0.118. The molecule has 0 spiro atoms. The Kier molecular flexibility index (Phi) is 8.35. The molecule has 0 aliphatic carbocycles. The first-order valence-electron chi connectivity index (χ1n) is 10.2. The molecular formula is C23H28N4O3S. The van der Waals surface area contributed by atoms with Gasteiger partial charge in [0.1, 0.15) is 18.1 Å². The molecular weight excluding hydrogens is 412 g/mol. The van der Waals surface area contributed by atoms with Crippen LogP contribution in [0.4, 0.5) is 0 Å². The van der Waals surface area contributed by atoms with Crippen LogP contribution in [0, 0.1) is 5.92 Å². The number of nitrogens with zero attached hydrogens (tertiary/aromatic N) is 3. The van der Waals surface area contributed by atoms with Crippen LogP contribution in [0.3, 0.4) is 0 Å². The number of nitrogens with one attached hydrogen (secondary N) is 1. The van der Waals surface area contributed by atoms with Crippen LogP contribution in [-0.4, -0.2) is 40.1 Å². The molecule has 0 fully saturated rings. The monoisotopic (exact) mass is 440 g/mol. The van der Waals surface area contributed by atoms with E-state index in [0.717, 1.165) is 17.9 Å². The second-order valence-corrected chi connectivity index (χ2v) is 8.30. The first kappa shape index (κ1) is 22.7. The Morgan fingerprint density at radius 1 is 1.06 bits per heavy atom. The fourth-order valence-electron chi connectivity index (χ4n) is 2.82. The molecule has 0 bridgehead atoms. The summed E-state index contributed by atoms with van der Waals surface area (Å²) in [6.45, 7) is 5.20. The number of methoxy groups -OCH3 is 1. The largest absolute Gasteiger partial charge is 0.497 e. The molecule has 31 heavy (non-hydrogen) atoms. The van der Waals surface area contributed by atoms with E-state index in [4.69, 9.17) is 9.47 Å². The van der Waals surface area contributed by atoms with Crippen LogP contribution in [0.2, 0.25) is 0 Å². The molecule has 2 aromatic carbocycles. The van der Waals surface area contributed by atoms with Crippen molar-refractivity contribution in [1.82, 2.24) is 20.1 Å². The molecule has 0 aliphatic heterocycles. The van der Waals surface area contributed by atoms with Gasteiger partial charge in [-0.25, -0.2) is 0 Å².